The molecule has 1 atom stereocenters. The number of benzene rings is 2. The summed E-state index contributed by atoms with van der Waals surface area (Å²) in [4.78, 5) is 35.3. The molecule has 0 saturated heterocycles. The Morgan fingerprint density at radius 3 is 2.59 bits per heavy atom. The summed E-state index contributed by atoms with van der Waals surface area (Å²) in [5.41, 5.74) is 1.59. The number of aldehydes is 1. The van der Waals surface area contributed by atoms with Gasteiger partial charge in [0.05, 0.1) is 16.6 Å². The first-order valence-electron chi connectivity index (χ1n) is 8.84. The van der Waals surface area contributed by atoms with E-state index in [9.17, 15) is 14.4 Å². The highest BCUT2D eigenvalue weighted by Gasteiger charge is 2.17. The third-order valence-corrected chi connectivity index (χ3v) is 4.55. The van der Waals surface area contributed by atoms with Crippen molar-refractivity contribution in [3.05, 3.63) is 82.6 Å². The number of hydrogen-bond acceptors (Lipinski definition) is 5. The Hall–Kier alpha value is -3.38. The van der Waals surface area contributed by atoms with Crippen LogP contribution in [0.25, 0.3) is 11.3 Å². The maximum Gasteiger partial charge on any atom is 0.340 e. The molecular weight excluding hydrogens is 394 g/mol. The van der Waals surface area contributed by atoms with E-state index >= 15 is 0 Å². The summed E-state index contributed by atoms with van der Waals surface area (Å²) in [7, 11) is 0. The predicted octanol–water partition coefficient (Wildman–Crippen LogP) is 4.45. The Morgan fingerprint density at radius 2 is 1.90 bits per heavy atom. The molecule has 2 aromatic carbocycles. The zero-order valence-electron chi connectivity index (χ0n) is 15.6. The molecule has 1 aromatic heterocycles. The second-order valence-electron chi connectivity index (χ2n) is 6.29. The first kappa shape index (κ1) is 20.4. The van der Waals surface area contributed by atoms with Crippen LogP contribution < -0.4 is 5.32 Å². The lowest BCUT2D eigenvalue weighted by molar-refractivity contribution is -0.124. The zero-order chi connectivity index (χ0) is 20.8. The number of esters is 1. The van der Waals surface area contributed by atoms with Gasteiger partial charge in [0.25, 0.3) is 5.91 Å². The molecule has 0 unspecified atom stereocenters. The largest absolute Gasteiger partial charge is 0.453 e. The van der Waals surface area contributed by atoms with Gasteiger partial charge in [-0.15, -0.1) is 0 Å². The first-order chi connectivity index (χ1) is 14.0. The molecule has 7 heteroatoms. The van der Waals surface area contributed by atoms with Gasteiger partial charge in [-0.05, 0) is 42.8 Å². The van der Waals surface area contributed by atoms with Crippen LogP contribution in [0.15, 0.2) is 65.1 Å². The lowest BCUT2D eigenvalue weighted by atomic mass is 10.1. The van der Waals surface area contributed by atoms with E-state index < -0.39 is 18.5 Å². The van der Waals surface area contributed by atoms with Crippen molar-refractivity contribution in [2.24, 2.45) is 0 Å². The van der Waals surface area contributed by atoms with E-state index in [-0.39, 0.29) is 22.4 Å². The molecule has 3 aromatic rings. The smallest absolute Gasteiger partial charge is 0.340 e. The lowest BCUT2D eigenvalue weighted by Gasteiger charge is -2.14. The second-order valence-corrected chi connectivity index (χ2v) is 6.70. The minimum atomic E-state index is -0.735. The molecule has 0 fully saturated rings. The van der Waals surface area contributed by atoms with Crippen molar-refractivity contribution in [1.29, 1.82) is 0 Å². The summed E-state index contributed by atoms with van der Waals surface area (Å²) < 4.78 is 10.5. The van der Waals surface area contributed by atoms with Gasteiger partial charge in [0.1, 0.15) is 5.76 Å². The van der Waals surface area contributed by atoms with Crippen LogP contribution in [0.3, 0.4) is 0 Å². The van der Waals surface area contributed by atoms with Crippen LogP contribution in [0, 0.1) is 0 Å². The Labute approximate surface area is 172 Å². The quantitative estimate of drug-likeness (QED) is 0.458. The number of amides is 1. The fourth-order valence-electron chi connectivity index (χ4n) is 2.72. The van der Waals surface area contributed by atoms with Crippen molar-refractivity contribution in [3.63, 3.8) is 0 Å². The highest BCUT2D eigenvalue weighted by molar-refractivity contribution is 6.33. The van der Waals surface area contributed by atoms with Crippen LogP contribution in [0.4, 0.5) is 0 Å². The van der Waals surface area contributed by atoms with E-state index in [1.807, 2.05) is 37.3 Å². The van der Waals surface area contributed by atoms with E-state index in [4.69, 9.17) is 20.8 Å². The molecule has 1 amide bonds. The van der Waals surface area contributed by atoms with E-state index in [1.165, 1.54) is 18.2 Å². The van der Waals surface area contributed by atoms with E-state index in [1.54, 1.807) is 12.1 Å². The minimum absolute atomic E-state index is 0.0946. The Morgan fingerprint density at radius 1 is 1.14 bits per heavy atom. The standard InChI is InChI=1S/C22H18ClNO5/c1-14(15-5-3-2-4-6-15)24-21(26)13-28-22(27)18-11-16(7-9-19(18)23)20-10-8-17(12-25)29-20/h2-12,14H,13H2,1H3,(H,24,26)/t14-/m0/s1. The van der Waals surface area contributed by atoms with Crippen LogP contribution in [0.1, 0.15) is 39.4 Å². The summed E-state index contributed by atoms with van der Waals surface area (Å²) in [5.74, 6) is -0.583. The highest BCUT2D eigenvalue weighted by atomic mass is 35.5. The fourth-order valence-corrected chi connectivity index (χ4v) is 2.92. The van der Waals surface area contributed by atoms with Gasteiger partial charge in [0, 0.05) is 5.56 Å². The molecule has 0 aliphatic rings. The Bertz CT molecular complexity index is 1030. The number of rotatable bonds is 7. The monoisotopic (exact) mass is 411 g/mol. The summed E-state index contributed by atoms with van der Waals surface area (Å²) in [6.07, 6.45) is 0.587. The van der Waals surface area contributed by atoms with Crippen LogP contribution in [-0.2, 0) is 9.53 Å². The Balaban J connectivity index is 1.63. The molecule has 6 nitrogen and oxygen atoms in total. The average molecular weight is 412 g/mol. The SMILES string of the molecule is C[C@H](NC(=O)COC(=O)c1cc(-c2ccc(C=O)o2)ccc1Cl)c1ccccc1. The van der Waals surface area contributed by atoms with Crippen molar-refractivity contribution < 1.29 is 23.5 Å². The molecule has 0 aliphatic carbocycles. The van der Waals surface area contributed by atoms with Gasteiger partial charge in [0.15, 0.2) is 18.7 Å². The number of carbonyl (C=O) groups is 3. The first-order valence-corrected chi connectivity index (χ1v) is 9.22. The molecule has 0 radical (unpaired) electrons. The summed E-state index contributed by atoms with van der Waals surface area (Å²) >= 11 is 6.10. The van der Waals surface area contributed by atoms with Gasteiger partial charge >= 0.3 is 5.97 Å². The number of halogens is 1. The van der Waals surface area contributed by atoms with Gasteiger partial charge in [-0.1, -0.05) is 41.9 Å². The maximum atomic E-state index is 12.4. The van der Waals surface area contributed by atoms with Crippen molar-refractivity contribution in [1.82, 2.24) is 5.32 Å². The summed E-state index contributed by atoms with van der Waals surface area (Å²) in [6, 6.07) is 17.0. The summed E-state index contributed by atoms with van der Waals surface area (Å²) in [6.45, 7) is 1.40. The average Bonchev–Trinajstić information content (AvgIpc) is 3.22. The molecule has 0 spiro atoms. The van der Waals surface area contributed by atoms with Crippen LogP contribution in [-0.4, -0.2) is 24.8 Å². The summed E-state index contributed by atoms with van der Waals surface area (Å²) in [5, 5.41) is 2.95. The Kier molecular flexibility index (Phi) is 6.46. The van der Waals surface area contributed by atoms with Crippen LogP contribution in [0.2, 0.25) is 5.02 Å². The van der Waals surface area contributed by atoms with Crippen LogP contribution in [0.5, 0.6) is 0 Å². The third-order valence-electron chi connectivity index (χ3n) is 4.23. The van der Waals surface area contributed by atoms with Crippen molar-refractivity contribution in [2.75, 3.05) is 6.61 Å². The normalized spacial score (nSPS) is 11.5. The molecule has 0 bridgehead atoms. The number of furan rings is 1. The minimum Gasteiger partial charge on any atom is -0.453 e. The number of hydrogen-bond donors (Lipinski definition) is 1. The molecule has 1 heterocycles. The molecule has 1 N–H and O–H groups in total. The second kappa shape index (κ2) is 9.21. The number of carbonyl (C=O) groups excluding carboxylic acids is 3. The molecule has 29 heavy (non-hydrogen) atoms. The topological polar surface area (TPSA) is 85.6 Å². The van der Waals surface area contributed by atoms with Gasteiger partial charge in [-0.3, -0.25) is 9.59 Å². The van der Waals surface area contributed by atoms with E-state index in [0.29, 0.717) is 17.6 Å². The predicted molar refractivity (Wildman–Crippen MR) is 108 cm³/mol. The molecular formula is C22H18ClNO5. The maximum absolute atomic E-state index is 12.4. The number of nitrogens with one attached hydrogen (secondary N) is 1. The number of ether oxygens (including phenoxy) is 1. The van der Waals surface area contributed by atoms with Crippen molar-refractivity contribution in [3.8, 4) is 11.3 Å². The fraction of sp³-hybridized carbons (Fsp3) is 0.136. The van der Waals surface area contributed by atoms with E-state index in [2.05, 4.69) is 5.32 Å². The lowest BCUT2D eigenvalue weighted by Crippen LogP contribution is -2.31. The van der Waals surface area contributed by atoms with Gasteiger partial charge < -0.3 is 14.5 Å². The van der Waals surface area contributed by atoms with Crippen molar-refractivity contribution in [2.45, 2.75) is 13.0 Å². The zero-order valence-corrected chi connectivity index (χ0v) is 16.3. The van der Waals surface area contributed by atoms with Gasteiger partial charge in [0.2, 0.25) is 0 Å². The molecule has 0 aliphatic heterocycles. The highest BCUT2D eigenvalue weighted by Crippen LogP contribution is 2.27. The van der Waals surface area contributed by atoms with Gasteiger partial charge in [-0.2, -0.15) is 0 Å². The molecule has 0 saturated carbocycles. The van der Waals surface area contributed by atoms with Crippen LogP contribution >= 0.6 is 11.6 Å². The van der Waals surface area contributed by atoms with E-state index in [0.717, 1.165) is 5.56 Å². The van der Waals surface area contributed by atoms with Crippen molar-refractivity contribution >= 4 is 29.8 Å². The van der Waals surface area contributed by atoms with Gasteiger partial charge in [-0.25, -0.2) is 4.79 Å². The third kappa shape index (κ3) is 5.12. The molecule has 3 rings (SSSR count). The molecule has 148 valence electrons.